The first-order valence-electron chi connectivity index (χ1n) is 7.19. The number of nitrogens with zero attached hydrogens (tertiary/aromatic N) is 1. The Bertz CT molecular complexity index is 601. The first-order chi connectivity index (χ1) is 10.1. The number of halogens is 2. The van der Waals surface area contributed by atoms with E-state index in [4.69, 9.17) is 11.6 Å². The molecule has 1 aromatic carbocycles. The van der Waals surface area contributed by atoms with Crippen LogP contribution in [0, 0.1) is 12.7 Å². The number of hydrogen-bond acceptors (Lipinski definition) is 2. The second kappa shape index (κ2) is 7.53. The van der Waals surface area contributed by atoms with Crippen LogP contribution in [0.4, 0.5) is 4.39 Å². The Labute approximate surface area is 130 Å². The second-order valence-corrected chi connectivity index (χ2v) is 5.61. The predicted octanol–water partition coefficient (Wildman–Crippen LogP) is 4.47. The zero-order valence-electron chi connectivity index (χ0n) is 12.4. The molecule has 0 amide bonds. The van der Waals surface area contributed by atoms with E-state index in [0.717, 1.165) is 29.1 Å². The minimum atomic E-state index is -0.283. The average Bonchev–Trinajstić information content (AvgIpc) is 2.46. The molecule has 1 unspecified atom stereocenters. The molecule has 2 aromatic rings. The van der Waals surface area contributed by atoms with Gasteiger partial charge >= 0.3 is 0 Å². The number of pyridine rings is 1. The van der Waals surface area contributed by atoms with Gasteiger partial charge in [-0.3, -0.25) is 4.98 Å². The summed E-state index contributed by atoms with van der Waals surface area (Å²) in [6.45, 7) is 4.92. The van der Waals surface area contributed by atoms with Crippen LogP contribution in [0.15, 0.2) is 36.7 Å². The smallest absolute Gasteiger partial charge is 0.146 e. The molecule has 2 rings (SSSR count). The molecule has 21 heavy (non-hydrogen) atoms. The van der Waals surface area contributed by atoms with Crippen molar-refractivity contribution < 1.29 is 4.39 Å². The average molecular weight is 307 g/mol. The number of benzene rings is 1. The summed E-state index contributed by atoms with van der Waals surface area (Å²) >= 11 is 6.30. The summed E-state index contributed by atoms with van der Waals surface area (Å²) in [7, 11) is 0. The molecule has 2 nitrogen and oxygen atoms in total. The maximum absolute atomic E-state index is 14.0. The third-order valence-corrected chi connectivity index (χ3v) is 3.80. The molecule has 0 saturated carbocycles. The molecule has 0 bridgehead atoms. The Hall–Kier alpha value is -1.45. The van der Waals surface area contributed by atoms with Gasteiger partial charge in [-0.1, -0.05) is 30.7 Å². The maximum atomic E-state index is 14.0. The fourth-order valence-electron chi connectivity index (χ4n) is 2.32. The van der Waals surface area contributed by atoms with Gasteiger partial charge in [0, 0.05) is 22.8 Å². The first-order valence-corrected chi connectivity index (χ1v) is 7.57. The van der Waals surface area contributed by atoms with Crippen LogP contribution in [0.5, 0.6) is 0 Å². The molecule has 0 aliphatic carbocycles. The van der Waals surface area contributed by atoms with Crippen LogP contribution in [-0.2, 0) is 6.42 Å². The molecule has 0 aliphatic rings. The van der Waals surface area contributed by atoms with E-state index in [1.165, 1.54) is 6.20 Å². The molecule has 112 valence electrons. The minimum Gasteiger partial charge on any atom is -0.310 e. The Morgan fingerprint density at radius 3 is 2.81 bits per heavy atom. The van der Waals surface area contributed by atoms with Crippen LogP contribution in [-0.4, -0.2) is 11.5 Å². The van der Waals surface area contributed by atoms with Crippen molar-refractivity contribution in [3.05, 3.63) is 64.2 Å². The van der Waals surface area contributed by atoms with Gasteiger partial charge in [-0.2, -0.15) is 0 Å². The SMILES string of the molecule is CCCNC(Cc1ccc(C)cc1Cl)c1ccncc1F. The van der Waals surface area contributed by atoms with Gasteiger partial charge in [0.2, 0.25) is 0 Å². The minimum absolute atomic E-state index is 0.104. The number of rotatable bonds is 6. The molecule has 1 atom stereocenters. The van der Waals surface area contributed by atoms with Crippen molar-refractivity contribution >= 4 is 11.6 Å². The van der Waals surface area contributed by atoms with Gasteiger partial charge in [-0.15, -0.1) is 0 Å². The van der Waals surface area contributed by atoms with Gasteiger partial charge in [0.05, 0.1) is 6.20 Å². The lowest BCUT2D eigenvalue weighted by atomic mass is 9.98. The number of aryl methyl sites for hydroxylation is 1. The third kappa shape index (κ3) is 4.26. The normalized spacial score (nSPS) is 12.4. The highest BCUT2D eigenvalue weighted by molar-refractivity contribution is 6.31. The third-order valence-electron chi connectivity index (χ3n) is 3.45. The van der Waals surface area contributed by atoms with E-state index in [1.807, 2.05) is 25.1 Å². The van der Waals surface area contributed by atoms with E-state index in [1.54, 1.807) is 12.3 Å². The summed E-state index contributed by atoms with van der Waals surface area (Å²) in [5.74, 6) is -0.283. The molecule has 0 spiro atoms. The Balaban J connectivity index is 2.26. The molecule has 4 heteroatoms. The van der Waals surface area contributed by atoms with Gasteiger partial charge < -0.3 is 5.32 Å². The molecular weight excluding hydrogens is 287 g/mol. The van der Waals surface area contributed by atoms with Crippen LogP contribution in [0.3, 0.4) is 0 Å². The lowest BCUT2D eigenvalue weighted by Crippen LogP contribution is -2.25. The molecule has 0 saturated heterocycles. The lowest BCUT2D eigenvalue weighted by molar-refractivity contribution is 0.495. The van der Waals surface area contributed by atoms with Crippen LogP contribution >= 0.6 is 11.6 Å². The van der Waals surface area contributed by atoms with Crippen LogP contribution < -0.4 is 5.32 Å². The van der Waals surface area contributed by atoms with E-state index in [0.29, 0.717) is 12.0 Å². The lowest BCUT2D eigenvalue weighted by Gasteiger charge is -2.20. The molecule has 0 aliphatic heterocycles. The molecule has 0 radical (unpaired) electrons. The highest BCUT2D eigenvalue weighted by Crippen LogP contribution is 2.25. The molecule has 1 N–H and O–H groups in total. The van der Waals surface area contributed by atoms with Crippen LogP contribution in [0.2, 0.25) is 5.02 Å². The Morgan fingerprint density at radius 2 is 2.14 bits per heavy atom. The Morgan fingerprint density at radius 1 is 1.33 bits per heavy atom. The summed E-state index contributed by atoms with van der Waals surface area (Å²) in [5.41, 5.74) is 2.78. The number of hydrogen-bond donors (Lipinski definition) is 1. The fraction of sp³-hybridized carbons (Fsp3) is 0.353. The standard InChI is InChI=1S/C17H20ClFN2/c1-3-7-21-17(14-6-8-20-11-16(14)19)10-13-5-4-12(2)9-15(13)18/h4-6,8-9,11,17,21H,3,7,10H2,1-2H3. The first kappa shape index (κ1) is 15.9. The molecule has 1 heterocycles. The highest BCUT2D eigenvalue weighted by atomic mass is 35.5. The maximum Gasteiger partial charge on any atom is 0.146 e. The number of nitrogens with one attached hydrogen (secondary N) is 1. The van der Waals surface area contributed by atoms with E-state index in [-0.39, 0.29) is 11.9 Å². The summed E-state index contributed by atoms with van der Waals surface area (Å²) in [6.07, 6.45) is 4.52. The van der Waals surface area contributed by atoms with Crippen molar-refractivity contribution in [3.8, 4) is 0 Å². The van der Waals surface area contributed by atoms with Crippen molar-refractivity contribution in [1.29, 1.82) is 0 Å². The van der Waals surface area contributed by atoms with Gasteiger partial charge in [0.25, 0.3) is 0 Å². The topological polar surface area (TPSA) is 24.9 Å². The van der Waals surface area contributed by atoms with Crippen molar-refractivity contribution in [3.63, 3.8) is 0 Å². The number of aromatic nitrogens is 1. The van der Waals surface area contributed by atoms with Gasteiger partial charge in [0.1, 0.15) is 5.82 Å². The van der Waals surface area contributed by atoms with E-state index < -0.39 is 0 Å². The highest BCUT2D eigenvalue weighted by Gasteiger charge is 2.17. The van der Waals surface area contributed by atoms with Crippen LogP contribution in [0.25, 0.3) is 0 Å². The van der Waals surface area contributed by atoms with Gasteiger partial charge in [-0.05, 0) is 49.6 Å². The summed E-state index contributed by atoms with van der Waals surface area (Å²) in [4.78, 5) is 3.81. The zero-order chi connectivity index (χ0) is 15.2. The predicted molar refractivity (Wildman–Crippen MR) is 85.1 cm³/mol. The van der Waals surface area contributed by atoms with Gasteiger partial charge in [-0.25, -0.2) is 4.39 Å². The molecule has 0 fully saturated rings. The van der Waals surface area contributed by atoms with Crippen molar-refractivity contribution in [2.75, 3.05) is 6.54 Å². The second-order valence-electron chi connectivity index (χ2n) is 5.20. The van der Waals surface area contributed by atoms with E-state index >= 15 is 0 Å². The summed E-state index contributed by atoms with van der Waals surface area (Å²) < 4.78 is 14.0. The molecule has 1 aromatic heterocycles. The van der Waals surface area contributed by atoms with Crippen LogP contribution in [0.1, 0.15) is 36.1 Å². The summed E-state index contributed by atoms with van der Waals surface area (Å²) in [5, 5.41) is 4.12. The zero-order valence-corrected chi connectivity index (χ0v) is 13.1. The molecular formula is C17H20ClFN2. The fourth-order valence-corrected chi connectivity index (χ4v) is 2.63. The van der Waals surface area contributed by atoms with Crippen molar-refractivity contribution in [1.82, 2.24) is 10.3 Å². The van der Waals surface area contributed by atoms with E-state index in [9.17, 15) is 4.39 Å². The largest absolute Gasteiger partial charge is 0.310 e. The van der Waals surface area contributed by atoms with Crippen molar-refractivity contribution in [2.45, 2.75) is 32.7 Å². The van der Waals surface area contributed by atoms with Gasteiger partial charge in [0.15, 0.2) is 0 Å². The van der Waals surface area contributed by atoms with E-state index in [2.05, 4.69) is 17.2 Å². The van der Waals surface area contributed by atoms with Crippen molar-refractivity contribution in [2.24, 2.45) is 0 Å². The quantitative estimate of drug-likeness (QED) is 0.852. The Kier molecular flexibility index (Phi) is 5.71. The summed E-state index contributed by atoms with van der Waals surface area (Å²) in [6, 6.07) is 7.60. The monoisotopic (exact) mass is 306 g/mol.